The highest BCUT2D eigenvalue weighted by molar-refractivity contribution is 7.98. The number of nitrogens with zero attached hydrogens (tertiary/aromatic N) is 1. The van der Waals surface area contributed by atoms with Crippen LogP contribution >= 0.6 is 23.4 Å². The van der Waals surface area contributed by atoms with E-state index in [-0.39, 0.29) is 0 Å². The minimum absolute atomic E-state index is 0.484. The van der Waals surface area contributed by atoms with Crippen LogP contribution in [0.15, 0.2) is 65.7 Å². The number of rotatable bonds is 3. The fraction of sp³-hybridized carbons (Fsp3) is 0.0556. The molecule has 22 heavy (non-hydrogen) atoms. The highest BCUT2D eigenvalue weighted by Gasteiger charge is 2.11. The molecule has 0 radical (unpaired) electrons. The molecule has 0 aliphatic heterocycles. The summed E-state index contributed by atoms with van der Waals surface area (Å²) in [5.41, 5.74) is 10.2. The predicted octanol–water partition coefficient (Wildman–Crippen LogP) is 5.37. The minimum atomic E-state index is 0.484. The Kier molecular flexibility index (Phi) is 4.36. The first-order valence-electron chi connectivity index (χ1n) is 6.84. The third-order valence-corrected chi connectivity index (χ3v) is 4.45. The Bertz CT molecular complexity index is 800. The van der Waals surface area contributed by atoms with Gasteiger partial charge in [0.2, 0.25) is 0 Å². The largest absolute Gasteiger partial charge is 0.383 e. The van der Waals surface area contributed by atoms with E-state index in [1.54, 1.807) is 18.0 Å². The topological polar surface area (TPSA) is 38.9 Å². The standard InChI is InChI=1S/C18H15ClN2S/c1-22-14-8-6-12(7-9-14)15-4-2-3-5-16(15)17-10-13(19)11-21-18(17)20/h2-11H,1H3,(H2,20,21). The van der Waals surface area contributed by atoms with E-state index in [0.29, 0.717) is 10.8 Å². The van der Waals surface area contributed by atoms with Gasteiger partial charge < -0.3 is 5.73 Å². The van der Waals surface area contributed by atoms with Crippen LogP contribution in [0.1, 0.15) is 0 Å². The molecule has 3 aromatic rings. The molecular weight excluding hydrogens is 312 g/mol. The first-order chi connectivity index (χ1) is 10.7. The van der Waals surface area contributed by atoms with Crippen molar-refractivity contribution in [1.29, 1.82) is 0 Å². The molecule has 2 nitrogen and oxygen atoms in total. The number of halogens is 1. The van der Waals surface area contributed by atoms with Crippen molar-refractivity contribution in [1.82, 2.24) is 4.98 Å². The van der Waals surface area contributed by atoms with Gasteiger partial charge in [-0.2, -0.15) is 0 Å². The van der Waals surface area contributed by atoms with Gasteiger partial charge in [-0.05, 0) is 41.1 Å². The molecule has 1 heterocycles. The van der Waals surface area contributed by atoms with Crippen molar-refractivity contribution in [2.24, 2.45) is 0 Å². The number of nitrogen functional groups attached to an aromatic ring is 1. The molecule has 0 amide bonds. The number of benzene rings is 2. The van der Waals surface area contributed by atoms with E-state index < -0.39 is 0 Å². The number of hydrogen-bond donors (Lipinski definition) is 1. The zero-order valence-electron chi connectivity index (χ0n) is 12.1. The van der Waals surface area contributed by atoms with E-state index in [0.717, 1.165) is 22.3 Å². The van der Waals surface area contributed by atoms with E-state index >= 15 is 0 Å². The van der Waals surface area contributed by atoms with Gasteiger partial charge in [-0.25, -0.2) is 4.98 Å². The maximum atomic E-state index is 6.08. The molecular formula is C18H15ClN2S. The second-order valence-corrected chi connectivity index (χ2v) is 6.18. The van der Waals surface area contributed by atoms with Gasteiger partial charge in [-0.1, -0.05) is 48.0 Å². The highest BCUT2D eigenvalue weighted by atomic mass is 35.5. The average Bonchev–Trinajstić information content (AvgIpc) is 2.57. The molecule has 0 saturated heterocycles. The monoisotopic (exact) mass is 326 g/mol. The highest BCUT2D eigenvalue weighted by Crippen LogP contribution is 2.35. The van der Waals surface area contributed by atoms with Crippen LogP contribution in [0, 0.1) is 0 Å². The predicted molar refractivity (Wildman–Crippen MR) is 96.3 cm³/mol. The van der Waals surface area contributed by atoms with Crippen LogP contribution in [0.2, 0.25) is 5.02 Å². The molecule has 2 N–H and O–H groups in total. The van der Waals surface area contributed by atoms with Crippen LogP contribution < -0.4 is 5.73 Å². The lowest BCUT2D eigenvalue weighted by atomic mass is 9.95. The van der Waals surface area contributed by atoms with Crippen molar-refractivity contribution < 1.29 is 0 Å². The van der Waals surface area contributed by atoms with Crippen molar-refractivity contribution in [3.05, 3.63) is 65.8 Å². The van der Waals surface area contributed by atoms with Crippen LogP contribution in [0.25, 0.3) is 22.3 Å². The van der Waals surface area contributed by atoms with Crippen molar-refractivity contribution in [3.63, 3.8) is 0 Å². The maximum Gasteiger partial charge on any atom is 0.131 e. The minimum Gasteiger partial charge on any atom is -0.383 e. The van der Waals surface area contributed by atoms with Crippen LogP contribution in [0.4, 0.5) is 5.82 Å². The lowest BCUT2D eigenvalue weighted by Crippen LogP contribution is -1.95. The van der Waals surface area contributed by atoms with Gasteiger partial charge in [-0.15, -0.1) is 11.8 Å². The van der Waals surface area contributed by atoms with Gasteiger partial charge in [0.05, 0.1) is 5.02 Å². The normalized spacial score (nSPS) is 10.6. The van der Waals surface area contributed by atoms with Crippen molar-refractivity contribution in [2.75, 3.05) is 12.0 Å². The molecule has 4 heteroatoms. The van der Waals surface area contributed by atoms with Gasteiger partial charge in [0.15, 0.2) is 0 Å². The fourth-order valence-corrected chi connectivity index (χ4v) is 2.97. The molecule has 0 saturated carbocycles. The summed E-state index contributed by atoms with van der Waals surface area (Å²) in [5, 5.41) is 0.580. The van der Waals surface area contributed by atoms with E-state index in [4.69, 9.17) is 17.3 Å². The Labute approximate surface area is 139 Å². The number of aromatic nitrogens is 1. The number of hydrogen-bond acceptors (Lipinski definition) is 3. The van der Waals surface area contributed by atoms with Crippen molar-refractivity contribution >= 4 is 29.2 Å². The molecule has 3 rings (SSSR count). The summed E-state index contributed by atoms with van der Waals surface area (Å²) in [6, 6.07) is 18.5. The Morgan fingerprint density at radius 1 is 0.955 bits per heavy atom. The SMILES string of the molecule is CSc1ccc(-c2ccccc2-c2cc(Cl)cnc2N)cc1. The number of nitrogens with two attached hydrogens (primary N) is 1. The molecule has 0 bridgehead atoms. The second-order valence-electron chi connectivity index (χ2n) is 4.86. The van der Waals surface area contributed by atoms with Gasteiger partial charge in [0.25, 0.3) is 0 Å². The Morgan fingerprint density at radius 3 is 2.32 bits per heavy atom. The molecule has 0 spiro atoms. The second kappa shape index (κ2) is 6.42. The lowest BCUT2D eigenvalue weighted by molar-refractivity contribution is 1.34. The van der Waals surface area contributed by atoms with Crippen molar-refractivity contribution in [2.45, 2.75) is 4.90 Å². The Morgan fingerprint density at radius 2 is 1.64 bits per heavy atom. The summed E-state index contributed by atoms with van der Waals surface area (Å²) < 4.78 is 0. The number of pyridine rings is 1. The van der Waals surface area contributed by atoms with Gasteiger partial charge in [-0.3, -0.25) is 0 Å². The zero-order chi connectivity index (χ0) is 15.5. The van der Waals surface area contributed by atoms with Crippen molar-refractivity contribution in [3.8, 4) is 22.3 Å². The fourth-order valence-electron chi connectivity index (χ4n) is 2.41. The Balaban J connectivity index is 2.15. The molecule has 2 aromatic carbocycles. The van der Waals surface area contributed by atoms with E-state index in [2.05, 4.69) is 41.6 Å². The summed E-state index contributed by atoms with van der Waals surface area (Å²) in [7, 11) is 0. The van der Waals surface area contributed by atoms with Gasteiger partial charge in [0.1, 0.15) is 5.82 Å². The summed E-state index contributed by atoms with van der Waals surface area (Å²) in [4.78, 5) is 5.40. The summed E-state index contributed by atoms with van der Waals surface area (Å²) in [6.07, 6.45) is 3.64. The van der Waals surface area contributed by atoms with E-state index in [9.17, 15) is 0 Å². The molecule has 0 aliphatic carbocycles. The first-order valence-corrected chi connectivity index (χ1v) is 8.44. The number of anilines is 1. The van der Waals surface area contributed by atoms with E-state index in [1.807, 2.05) is 24.3 Å². The molecule has 0 unspecified atom stereocenters. The third-order valence-electron chi connectivity index (χ3n) is 3.50. The molecule has 0 fully saturated rings. The summed E-state index contributed by atoms with van der Waals surface area (Å²) in [6.45, 7) is 0. The quantitative estimate of drug-likeness (QED) is 0.657. The third kappa shape index (κ3) is 2.96. The molecule has 110 valence electrons. The van der Waals surface area contributed by atoms with Crippen LogP contribution in [0.3, 0.4) is 0 Å². The number of thioether (sulfide) groups is 1. The zero-order valence-corrected chi connectivity index (χ0v) is 13.7. The van der Waals surface area contributed by atoms with Gasteiger partial charge >= 0.3 is 0 Å². The molecule has 1 aromatic heterocycles. The van der Waals surface area contributed by atoms with Gasteiger partial charge in [0, 0.05) is 16.7 Å². The average molecular weight is 327 g/mol. The molecule has 0 atom stereocenters. The Hall–Kier alpha value is -1.97. The first kappa shape index (κ1) is 14.9. The summed E-state index contributed by atoms with van der Waals surface area (Å²) in [5.74, 6) is 0.484. The lowest BCUT2D eigenvalue weighted by Gasteiger charge is -2.12. The smallest absolute Gasteiger partial charge is 0.131 e. The molecule has 0 aliphatic rings. The van der Waals surface area contributed by atoms with Crippen LogP contribution in [0.5, 0.6) is 0 Å². The van der Waals surface area contributed by atoms with E-state index in [1.165, 1.54) is 4.90 Å². The maximum absolute atomic E-state index is 6.08. The van der Waals surface area contributed by atoms with Crippen LogP contribution in [-0.4, -0.2) is 11.2 Å². The van der Waals surface area contributed by atoms with Crippen LogP contribution in [-0.2, 0) is 0 Å². The summed E-state index contributed by atoms with van der Waals surface area (Å²) >= 11 is 7.81.